The van der Waals surface area contributed by atoms with E-state index in [4.69, 9.17) is 4.74 Å². The van der Waals surface area contributed by atoms with Crippen LogP contribution in [0.3, 0.4) is 0 Å². The molecule has 2 heteroatoms. The number of rotatable bonds is 2. The molecule has 1 fully saturated rings. The van der Waals surface area contributed by atoms with Crippen LogP contribution in [-0.4, -0.2) is 18.3 Å². The predicted molar refractivity (Wildman–Crippen MR) is 69.2 cm³/mol. The molecule has 1 aliphatic rings. The number of benzene rings is 1. The molecule has 0 aromatic heterocycles. The average molecular weight is 234 g/mol. The molecule has 1 heterocycles. The van der Waals surface area contributed by atoms with Gasteiger partial charge in [-0.3, -0.25) is 0 Å². The molecule has 1 aliphatic heterocycles. The first-order valence-corrected chi connectivity index (χ1v) is 6.43. The molecule has 1 atom stereocenters. The highest BCUT2D eigenvalue weighted by Gasteiger charge is 2.24. The van der Waals surface area contributed by atoms with Gasteiger partial charge in [0.25, 0.3) is 0 Å². The van der Waals surface area contributed by atoms with Crippen LogP contribution in [0.15, 0.2) is 12.1 Å². The van der Waals surface area contributed by atoms with Crippen molar-refractivity contribution < 1.29 is 9.84 Å². The van der Waals surface area contributed by atoms with Crippen molar-refractivity contribution in [3.05, 3.63) is 34.4 Å². The van der Waals surface area contributed by atoms with Gasteiger partial charge in [0.05, 0.1) is 6.10 Å². The number of hydrogen-bond acceptors (Lipinski definition) is 2. The maximum Gasteiger partial charge on any atom is 0.0822 e. The molecule has 17 heavy (non-hydrogen) atoms. The molecule has 94 valence electrons. The Kier molecular flexibility index (Phi) is 3.85. The summed E-state index contributed by atoms with van der Waals surface area (Å²) in [5.74, 6) is 0.351. The normalized spacial score (nSPS) is 19.3. The molecule has 2 rings (SSSR count). The zero-order chi connectivity index (χ0) is 12.4. The first kappa shape index (κ1) is 12.6. The Morgan fingerprint density at radius 1 is 1.06 bits per heavy atom. The maximum atomic E-state index is 10.5. The molecule has 0 saturated carbocycles. The van der Waals surface area contributed by atoms with Crippen LogP contribution in [0, 0.1) is 26.7 Å². The van der Waals surface area contributed by atoms with Crippen LogP contribution >= 0.6 is 0 Å². The van der Waals surface area contributed by atoms with Crippen LogP contribution in [0.2, 0.25) is 0 Å². The molecule has 0 aliphatic carbocycles. The third-order valence-electron chi connectivity index (χ3n) is 3.91. The van der Waals surface area contributed by atoms with Crippen molar-refractivity contribution in [2.24, 2.45) is 5.92 Å². The fourth-order valence-electron chi connectivity index (χ4n) is 2.59. The van der Waals surface area contributed by atoms with Gasteiger partial charge in [0.2, 0.25) is 0 Å². The monoisotopic (exact) mass is 234 g/mol. The van der Waals surface area contributed by atoms with Gasteiger partial charge in [0, 0.05) is 13.2 Å². The Hall–Kier alpha value is -0.860. The summed E-state index contributed by atoms with van der Waals surface area (Å²) in [6.45, 7) is 7.88. The second-order valence-electron chi connectivity index (χ2n) is 5.19. The Balaban J connectivity index is 2.23. The van der Waals surface area contributed by atoms with Gasteiger partial charge >= 0.3 is 0 Å². The van der Waals surface area contributed by atoms with E-state index in [9.17, 15) is 5.11 Å². The highest BCUT2D eigenvalue weighted by Crippen LogP contribution is 2.32. The fourth-order valence-corrected chi connectivity index (χ4v) is 2.59. The van der Waals surface area contributed by atoms with E-state index in [1.54, 1.807) is 0 Å². The highest BCUT2D eigenvalue weighted by atomic mass is 16.5. The average Bonchev–Trinajstić information content (AvgIpc) is 2.34. The van der Waals surface area contributed by atoms with Gasteiger partial charge in [0.15, 0.2) is 0 Å². The number of aliphatic hydroxyl groups is 1. The molecule has 2 nitrogen and oxygen atoms in total. The highest BCUT2D eigenvalue weighted by molar-refractivity contribution is 5.37. The molecule has 1 aromatic rings. The Labute approximate surface area is 104 Å². The smallest absolute Gasteiger partial charge is 0.0822 e. The molecule has 1 unspecified atom stereocenters. The molecule has 0 bridgehead atoms. The zero-order valence-corrected chi connectivity index (χ0v) is 11.0. The van der Waals surface area contributed by atoms with E-state index < -0.39 is 0 Å². The van der Waals surface area contributed by atoms with E-state index in [1.165, 1.54) is 16.7 Å². The van der Waals surface area contributed by atoms with Gasteiger partial charge in [-0.05, 0) is 61.8 Å². The molecule has 1 aromatic carbocycles. The molecular formula is C15H22O2. The van der Waals surface area contributed by atoms with Crippen LogP contribution in [0.1, 0.15) is 41.2 Å². The largest absolute Gasteiger partial charge is 0.388 e. The van der Waals surface area contributed by atoms with Crippen molar-refractivity contribution in [2.75, 3.05) is 13.2 Å². The lowest BCUT2D eigenvalue weighted by Gasteiger charge is -2.28. The van der Waals surface area contributed by atoms with Crippen LogP contribution in [0.4, 0.5) is 0 Å². The van der Waals surface area contributed by atoms with Crippen molar-refractivity contribution in [2.45, 2.75) is 39.7 Å². The van der Waals surface area contributed by atoms with Gasteiger partial charge in [-0.1, -0.05) is 12.1 Å². The van der Waals surface area contributed by atoms with E-state index in [1.807, 2.05) is 0 Å². The molecule has 0 amide bonds. The lowest BCUT2D eigenvalue weighted by atomic mass is 9.86. The van der Waals surface area contributed by atoms with E-state index in [2.05, 4.69) is 32.9 Å². The Bertz CT molecular complexity index is 392. The number of aryl methyl sites for hydroxylation is 3. The molecule has 1 N–H and O–H groups in total. The predicted octanol–water partition coefficient (Wildman–Crippen LogP) is 3.07. The van der Waals surface area contributed by atoms with Crippen LogP contribution in [-0.2, 0) is 4.74 Å². The summed E-state index contributed by atoms with van der Waals surface area (Å²) >= 11 is 0. The first-order chi connectivity index (χ1) is 8.09. The Morgan fingerprint density at radius 3 is 2.29 bits per heavy atom. The summed E-state index contributed by atoms with van der Waals surface area (Å²) in [6.07, 6.45) is 1.60. The summed E-state index contributed by atoms with van der Waals surface area (Å²) in [5.41, 5.74) is 4.86. The van der Waals surface area contributed by atoms with E-state index >= 15 is 0 Å². The summed E-state index contributed by atoms with van der Waals surface area (Å²) in [7, 11) is 0. The topological polar surface area (TPSA) is 29.5 Å². The molecule has 1 saturated heterocycles. The van der Waals surface area contributed by atoms with Crippen molar-refractivity contribution >= 4 is 0 Å². The summed E-state index contributed by atoms with van der Waals surface area (Å²) in [4.78, 5) is 0. The van der Waals surface area contributed by atoms with Gasteiger partial charge in [0.1, 0.15) is 0 Å². The van der Waals surface area contributed by atoms with Gasteiger partial charge < -0.3 is 9.84 Å². The van der Waals surface area contributed by atoms with E-state index in [0.29, 0.717) is 5.92 Å². The van der Waals surface area contributed by atoms with E-state index in [0.717, 1.165) is 31.6 Å². The maximum absolute atomic E-state index is 10.5. The first-order valence-electron chi connectivity index (χ1n) is 6.43. The SMILES string of the molecule is Cc1cc(C)c(C(O)C2CCOCC2)cc1C. The zero-order valence-electron chi connectivity index (χ0n) is 11.0. The standard InChI is InChI=1S/C15H22O2/c1-10-8-12(3)14(9-11(10)2)15(16)13-4-6-17-7-5-13/h8-9,13,15-16H,4-7H2,1-3H3. The number of ether oxygens (including phenoxy) is 1. The lowest BCUT2D eigenvalue weighted by Crippen LogP contribution is -2.22. The second kappa shape index (κ2) is 5.19. The van der Waals surface area contributed by atoms with Crippen LogP contribution in [0.5, 0.6) is 0 Å². The summed E-state index contributed by atoms with van der Waals surface area (Å²) < 4.78 is 5.35. The quantitative estimate of drug-likeness (QED) is 0.852. The van der Waals surface area contributed by atoms with Crippen molar-refractivity contribution in [3.63, 3.8) is 0 Å². The lowest BCUT2D eigenvalue weighted by molar-refractivity contribution is 0.00693. The summed E-state index contributed by atoms with van der Waals surface area (Å²) in [6, 6.07) is 4.32. The minimum absolute atomic E-state index is 0.335. The molecule has 0 radical (unpaired) electrons. The molecular weight excluding hydrogens is 212 g/mol. The minimum atomic E-state index is -0.335. The van der Waals surface area contributed by atoms with E-state index in [-0.39, 0.29) is 6.10 Å². The third-order valence-corrected chi connectivity index (χ3v) is 3.91. The Morgan fingerprint density at radius 2 is 1.65 bits per heavy atom. The van der Waals surface area contributed by atoms with Gasteiger partial charge in [-0.15, -0.1) is 0 Å². The number of aliphatic hydroxyl groups excluding tert-OH is 1. The van der Waals surface area contributed by atoms with Crippen LogP contribution < -0.4 is 0 Å². The molecule has 0 spiro atoms. The van der Waals surface area contributed by atoms with Crippen molar-refractivity contribution in [1.29, 1.82) is 0 Å². The van der Waals surface area contributed by atoms with Crippen molar-refractivity contribution in [3.8, 4) is 0 Å². The van der Waals surface area contributed by atoms with Gasteiger partial charge in [-0.25, -0.2) is 0 Å². The van der Waals surface area contributed by atoms with Crippen LogP contribution in [0.25, 0.3) is 0 Å². The third kappa shape index (κ3) is 2.70. The fraction of sp³-hybridized carbons (Fsp3) is 0.600. The second-order valence-corrected chi connectivity index (χ2v) is 5.19. The van der Waals surface area contributed by atoms with Crippen molar-refractivity contribution in [1.82, 2.24) is 0 Å². The minimum Gasteiger partial charge on any atom is -0.388 e. The van der Waals surface area contributed by atoms with Gasteiger partial charge in [-0.2, -0.15) is 0 Å². The summed E-state index contributed by atoms with van der Waals surface area (Å²) in [5, 5.41) is 10.5. The number of hydrogen-bond donors (Lipinski definition) is 1.